The maximum absolute atomic E-state index is 13.3. The third kappa shape index (κ3) is 3.61. The summed E-state index contributed by atoms with van der Waals surface area (Å²) >= 11 is 0. The van der Waals surface area contributed by atoms with Crippen LogP contribution in [0.4, 0.5) is 0 Å². The van der Waals surface area contributed by atoms with E-state index in [0.29, 0.717) is 19.5 Å². The fourth-order valence-electron chi connectivity index (χ4n) is 3.69. The van der Waals surface area contributed by atoms with Crippen molar-refractivity contribution in [1.82, 2.24) is 9.80 Å². The average Bonchev–Trinajstić information content (AvgIpc) is 2.64. The van der Waals surface area contributed by atoms with E-state index in [-0.39, 0.29) is 17.9 Å². The summed E-state index contributed by atoms with van der Waals surface area (Å²) < 4.78 is 5.45. The van der Waals surface area contributed by atoms with Crippen LogP contribution in [0.3, 0.4) is 0 Å². The summed E-state index contributed by atoms with van der Waals surface area (Å²) in [5, 5.41) is 0. The first-order valence-corrected chi connectivity index (χ1v) is 8.86. The Bertz CT molecular complexity index is 575. The molecule has 2 aliphatic rings. The zero-order valence-electron chi connectivity index (χ0n) is 14.3. The minimum atomic E-state index is -0.505. The SMILES string of the molecule is CO[C@H]1CCCN(C(=O)[C@H](c2ccccc2)N2CCCCC2=O)C1. The van der Waals surface area contributed by atoms with Gasteiger partial charge in [-0.15, -0.1) is 0 Å². The van der Waals surface area contributed by atoms with Crippen molar-refractivity contribution in [2.45, 2.75) is 44.2 Å². The van der Waals surface area contributed by atoms with E-state index in [1.54, 1.807) is 12.0 Å². The molecule has 0 radical (unpaired) electrons. The van der Waals surface area contributed by atoms with Crippen molar-refractivity contribution in [2.24, 2.45) is 0 Å². The number of likely N-dealkylation sites (tertiary alicyclic amines) is 2. The average molecular weight is 330 g/mol. The molecule has 1 aromatic rings. The van der Waals surface area contributed by atoms with Gasteiger partial charge >= 0.3 is 0 Å². The van der Waals surface area contributed by atoms with Crippen molar-refractivity contribution in [2.75, 3.05) is 26.7 Å². The molecule has 2 atom stereocenters. The molecule has 3 rings (SSSR count). The Labute approximate surface area is 143 Å². The minimum absolute atomic E-state index is 0.0261. The van der Waals surface area contributed by atoms with Gasteiger partial charge in [0, 0.05) is 33.2 Å². The molecule has 2 fully saturated rings. The summed E-state index contributed by atoms with van der Waals surface area (Å²) in [6.07, 6.45) is 4.44. The fourth-order valence-corrected chi connectivity index (χ4v) is 3.69. The molecule has 24 heavy (non-hydrogen) atoms. The third-order valence-electron chi connectivity index (χ3n) is 5.04. The van der Waals surface area contributed by atoms with Gasteiger partial charge in [0.25, 0.3) is 0 Å². The number of hydrogen-bond donors (Lipinski definition) is 0. The van der Waals surface area contributed by atoms with Crippen LogP contribution in [0.15, 0.2) is 30.3 Å². The molecular weight excluding hydrogens is 304 g/mol. The van der Waals surface area contributed by atoms with E-state index in [9.17, 15) is 9.59 Å². The summed E-state index contributed by atoms with van der Waals surface area (Å²) in [7, 11) is 1.70. The Hall–Kier alpha value is -1.88. The van der Waals surface area contributed by atoms with Gasteiger partial charge in [-0.25, -0.2) is 0 Å². The highest BCUT2D eigenvalue weighted by atomic mass is 16.5. The number of amides is 2. The lowest BCUT2D eigenvalue weighted by Gasteiger charge is -2.39. The van der Waals surface area contributed by atoms with Crippen LogP contribution in [-0.4, -0.2) is 54.5 Å². The van der Waals surface area contributed by atoms with Crippen LogP contribution in [0.25, 0.3) is 0 Å². The highest BCUT2D eigenvalue weighted by Crippen LogP contribution is 2.28. The first-order chi connectivity index (χ1) is 11.7. The van der Waals surface area contributed by atoms with Crippen LogP contribution in [0.1, 0.15) is 43.7 Å². The smallest absolute Gasteiger partial charge is 0.250 e. The molecule has 1 aromatic carbocycles. The zero-order valence-corrected chi connectivity index (χ0v) is 14.3. The standard InChI is InChI=1S/C19H26N2O3/c1-24-16-10-7-12-20(14-16)19(23)18(15-8-3-2-4-9-15)21-13-6-5-11-17(21)22/h2-4,8-9,16,18H,5-7,10-14H2,1H3/t16-,18-/m0/s1. The van der Waals surface area contributed by atoms with Gasteiger partial charge in [-0.05, 0) is 31.2 Å². The first kappa shape index (κ1) is 17.0. The molecular formula is C19H26N2O3. The Kier molecular flexibility index (Phi) is 5.51. The molecule has 0 bridgehead atoms. The van der Waals surface area contributed by atoms with Gasteiger partial charge < -0.3 is 14.5 Å². The van der Waals surface area contributed by atoms with E-state index < -0.39 is 6.04 Å². The van der Waals surface area contributed by atoms with Crippen molar-refractivity contribution >= 4 is 11.8 Å². The molecule has 2 aliphatic heterocycles. The van der Waals surface area contributed by atoms with Crippen molar-refractivity contribution in [1.29, 1.82) is 0 Å². The van der Waals surface area contributed by atoms with Gasteiger partial charge in [-0.2, -0.15) is 0 Å². The van der Waals surface area contributed by atoms with E-state index in [1.165, 1.54) is 0 Å². The Morgan fingerprint density at radius 3 is 2.67 bits per heavy atom. The van der Waals surface area contributed by atoms with Gasteiger partial charge in [-0.1, -0.05) is 30.3 Å². The van der Waals surface area contributed by atoms with E-state index >= 15 is 0 Å². The normalized spacial score (nSPS) is 23.2. The molecule has 5 nitrogen and oxygen atoms in total. The topological polar surface area (TPSA) is 49.9 Å². The highest BCUT2D eigenvalue weighted by molar-refractivity contribution is 5.89. The third-order valence-corrected chi connectivity index (χ3v) is 5.04. The Balaban J connectivity index is 1.86. The molecule has 2 heterocycles. The molecule has 0 saturated carbocycles. The van der Waals surface area contributed by atoms with Crippen molar-refractivity contribution in [3.63, 3.8) is 0 Å². The lowest BCUT2D eigenvalue weighted by molar-refractivity contribution is -0.149. The van der Waals surface area contributed by atoms with Crippen LogP contribution in [0.2, 0.25) is 0 Å². The largest absolute Gasteiger partial charge is 0.380 e. The maximum atomic E-state index is 13.3. The summed E-state index contributed by atoms with van der Waals surface area (Å²) in [6.45, 7) is 2.01. The molecule has 5 heteroatoms. The maximum Gasteiger partial charge on any atom is 0.250 e. The number of nitrogens with zero attached hydrogens (tertiary/aromatic N) is 2. The predicted octanol–water partition coefficient (Wildman–Crippen LogP) is 2.38. The molecule has 0 unspecified atom stereocenters. The Morgan fingerprint density at radius 1 is 1.17 bits per heavy atom. The van der Waals surface area contributed by atoms with Crippen LogP contribution in [0, 0.1) is 0 Å². The van der Waals surface area contributed by atoms with Gasteiger partial charge in [0.1, 0.15) is 6.04 Å². The number of ether oxygens (including phenoxy) is 1. The van der Waals surface area contributed by atoms with E-state index in [4.69, 9.17) is 4.74 Å². The van der Waals surface area contributed by atoms with E-state index in [1.807, 2.05) is 35.2 Å². The predicted molar refractivity (Wildman–Crippen MR) is 91.4 cm³/mol. The number of carbonyl (C=O) groups is 2. The quantitative estimate of drug-likeness (QED) is 0.852. The van der Waals surface area contributed by atoms with Crippen LogP contribution in [-0.2, 0) is 14.3 Å². The second kappa shape index (κ2) is 7.79. The minimum Gasteiger partial charge on any atom is -0.380 e. The van der Waals surface area contributed by atoms with Gasteiger partial charge in [0.15, 0.2) is 0 Å². The molecule has 0 spiro atoms. The van der Waals surface area contributed by atoms with Gasteiger partial charge in [0.05, 0.1) is 6.10 Å². The van der Waals surface area contributed by atoms with Gasteiger partial charge in [-0.3, -0.25) is 9.59 Å². The number of benzene rings is 1. The van der Waals surface area contributed by atoms with Crippen molar-refractivity contribution in [3.8, 4) is 0 Å². The molecule has 0 aliphatic carbocycles. The van der Waals surface area contributed by atoms with Crippen LogP contribution < -0.4 is 0 Å². The zero-order chi connectivity index (χ0) is 16.9. The number of hydrogen-bond acceptors (Lipinski definition) is 3. The molecule has 0 N–H and O–H groups in total. The fraction of sp³-hybridized carbons (Fsp3) is 0.579. The van der Waals surface area contributed by atoms with Gasteiger partial charge in [0.2, 0.25) is 11.8 Å². The molecule has 2 saturated heterocycles. The second-order valence-corrected chi connectivity index (χ2v) is 6.64. The first-order valence-electron chi connectivity index (χ1n) is 8.86. The number of rotatable bonds is 4. The lowest BCUT2D eigenvalue weighted by Crippen LogP contribution is -2.50. The lowest BCUT2D eigenvalue weighted by atomic mass is 9.98. The molecule has 130 valence electrons. The summed E-state index contributed by atoms with van der Waals surface area (Å²) in [4.78, 5) is 29.4. The molecule has 2 amide bonds. The van der Waals surface area contributed by atoms with Crippen LogP contribution in [0.5, 0.6) is 0 Å². The molecule has 0 aromatic heterocycles. The number of methoxy groups -OCH3 is 1. The highest BCUT2D eigenvalue weighted by Gasteiger charge is 2.36. The number of piperidine rings is 2. The summed E-state index contributed by atoms with van der Waals surface area (Å²) in [5.74, 6) is 0.113. The van der Waals surface area contributed by atoms with Crippen LogP contribution >= 0.6 is 0 Å². The summed E-state index contributed by atoms with van der Waals surface area (Å²) in [5.41, 5.74) is 0.900. The monoisotopic (exact) mass is 330 g/mol. The second-order valence-electron chi connectivity index (χ2n) is 6.64. The van der Waals surface area contributed by atoms with Crippen molar-refractivity contribution < 1.29 is 14.3 Å². The van der Waals surface area contributed by atoms with E-state index in [0.717, 1.165) is 37.8 Å². The number of carbonyl (C=O) groups excluding carboxylic acids is 2. The van der Waals surface area contributed by atoms with E-state index in [2.05, 4.69) is 0 Å². The van der Waals surface area contributed by atoms with Crippen molar-refractivity contribution in [3.05, 3.63) is 35.9 Å². The Morgan fingerprint density at radius 2 is 1.96 bits per heavy atom. The summed E-state index contributed by atoms with van der Waals surface area (Å²) in [6, 6.07) is 9.18.